The number of rotatable bonds is 1. The fourth-order valence-corrected chi connectivity index (χ4v) is 1.26. The highest BCUT2D eigenvalue weighted by atomic mass is 16.3. The fraction of sp³-hybridized carbons (Fsp3) is 1.00. The first-order valence-electron chi connectivity index (χ1n) is 3.72. The minimum atomic E-state index is 0.127. The van der Waals surface area contributed by atoms with Crippen molar-refractivity contribution in [2.24, 2.45) is 5.92 Å². The van der Waals surface area contributed by atoms with Crippen LogP contribution in [0, 0.1) is 5.92 Å². The van der Waals surface area contributed by atoms with Crippen molar-refractivity contribution in [2.45, 2.75) is 19.3 Å². The van der Waals surface area contributed by atoms with E-state index >= 15 is 0 Å². The lowest BCUT2D eigenvalue weighted by Gasteiger charge is -2.05. The smallest absolute Gasteiger partial charge is 0.0850 e. The second-order valence-corrected chi connectivity index (χ2v) is 2.71. The van der Waals surface area contributed by atoms with Crippen LogP contribution in [0.1, 0.15) is 19.3 Å². The van der Waals surface area contributed by atoms with E-state index in [1.807, 2.05) is 0 Å². The van der Waals surface area contributed by atoms with E-state index in [-0.39, 0.29) is 6.61 Å². The summed E-state index contributed by atoms with van der Waals surface area (Å²) in [5, 5.41) is 13.7. The van der Waals surface area contributed by atoms with Gasteiger partial charge in [-0.2, -0.15) is 0 Å². The summed E-state index contributed by atoms with van der Waals surface area (Å²) in [4.78, 5) is 0. The van der Waals surface area contributed by atoms with E-state index in [1.54, 1.807) is 0 Å². The molecule has 0 saturated carbocycles. The predicted molar refractivity (Wildman–Crippen MR) is 35.8 cm³/mol. The lowest BCUT2D eigenvalue weighted by Crippen LogP contribution is -2.14. The molecule has 2 nitrogen and oxygen atoms in total. The fourth-order valence-electron chi connectivity index (χ4n) is 1.26. The SMILES string of the molecule is [O]CC1CCCNCC1. The molecule has 0 amide bonds. The largest absolute Gasteiger partial charge is 0.317 e. The second-order valence-electron chi connectivity index (χ2n) is 2.71. The predicted octanol–water partition coefficient (Wildman–Crippen LogP) is 0.807. The van der Waals surface area contributed by atoms with E-state index in [9.17, 15) is 5.11 Å². The molecule has 0 aromatic carbocycles. The maximum absolute atomic E-state index is 10.4. The Balaban J connectivity index is 2.18. The lowest BCUT2D eigenvalue weighted by atomic mass is 10.0. The normalized spacial score (nSPS) is 29.7. The monoisotopic (exact) mass is 128 g/mol. The van der Waals surface area contributed by atoms with Crippen molar-refractivity contribution in [2.75, 3.05) is 19.7 Å². The molecule has 0 aromatic heterocycles. The Kier molecular flexibility index (Phi) is 3.01. The molecule has 1 saturated heterocycles. The molecule has 0 aromatic rings. The zero-order valence-electron chi connectivity index (χ0n) is 5.73. The molecule has 1 N–H and O–H groups in total. The van der Waals surface area contributed by atoms with Gasteiger partial charge in [-0.1, -0.05) is 0 Å². The molecule has 1 heterocycles. The molecular formula is C7H14NO. The van der Waals surface area contributed by atoms with Gasteiger partial charge in [0.25, 0.3) is 0 Å². The van der Waals surface area contributed by atoms with E-state index in [2.05, 4.69) is 5.32 Å². The van der Waals surface area contributed by atoms with Gasteiger partial charge < -0.3 is 5.32 Å². The Hall–Kier alpha value is -0.0800. The van der Waals surface area contributed by atoms with Crippen molar-refractivity contribution in [1.82, 2.24) is 5.32 Å². The second kappa shape index (κ2) is 3.85. The van der Waals surface area contributed by atoms with Crippen LogP contribution in [0.5, 0.6) is 0 Å². The van der Waals surface area contributed by atoms with Crippen molar-refractivity contribution < 1.29 is 5.11 Å². The molecule has 9 heavy (non-hydrogen) atoms. The molecule has 1 aliphatic heterocycles. The van der Waals surface area contributed by atoms with E-state index in [0.717, 1.165) is 25.9 Å². The summed E-state index contributed by atoms with van der Waals surface area (Å²) < 4.78 is 0. The topological polar surface area (TPSA) is 31.9 Å². The summed E-state index contributed by atoms with van der Waals surface area (Å²) in [6, 6.07) is 0. The third-order valence-corrected chi connectivity index (χ3v) is 1.93. The first kappa shape index (κ1) is 7.03. The van der Waals surface area contributed by atoms with Crippen LogP contribution in [-0.2, 0) is 5.11 Å². The van der Waals surface area contributed by atoms with Gasteiger partial charge in [0.15, 0.2) is 0 Å². The molecule has 0 aliphatic carbocycles. The van der Waals surface area contributed by atoms with Crippen molar-refractivity contribution in [1.29, 1.82) is 0 Å². The van der Waals surface area contributed by atoms with Crippen molar-refractivity contribution in [3.8, 4) is 0 Å². The first-order chi connectivity index (χ1) is 4.43. The van der Waals surface area contributed by atoms with Gasteiger partial charge in [0, 0.05) is 0 Å². The maximum atomic E-state index is 10.4. The Morgan fingerprint density at radius 3 is 3.00 bits per heavy atom. The molecule has 0 spiro atoms. The molecule has 1 fully saturated rings. The third kappa shape index (κ3) is 2.33. The molecule has 2 heteroatoms. The quantitative estimate of drug-likeness (QED) is 0.556. The minimum Gasteiger partial charge on any atom is -0.317 e. The van der Waals surface area contributed by atoms with Gasteiger partial charge in [0.1, 0.15) is 0 Å². The maximum Gasteiger partial charge on any atom is 0.0850 e. The summed E-state index contributed by atoms with van der Waals surface area (Å²) in [7, 11) is 0. The van der Waals surface area contributed by atoms with Crippen LogP contribution >= 0.6 is 0 Å². The van der Waals surface area contributed by atoms with E-state index < -0.39 is 0 Å². The van der Waals surface area contributed by atoms with Crippen LogP contribution in [0.25, 0.3) is 0 Å². The van der Waals surface area contributed by atoms with Crippen LogP contribution in [-0.4, -0.2) is 19.7 Å². The molecular weight excluding hydrogens is 114 g/mol. The number of nitrogens with one attached hydrogen (secondary N) is 1. The number of hydrogen-bond acceptors (Lipinski definition) is 1. The highest BCUT2D eigenvalue weighted by Gasteiger charge is 2.09. The highest BCUT2D eigenvalue weighted by Crippen LogP contribution is 2.11. The minimum absolute atomic E-state index is 0.127. The van der Waals surface area contributed by atoms with Gasteiger partial charge >= 0.3 is 0 Å². The van der Waals surface area contributed by atoms with Crippen LogP contribution in [0.2, 0.25) is 0 Å². The summed E-state index contributed by atoms with van der Waals surface area (Å²) in [6.45, 7) is 2.28. The van der Waals surface area contributed by atoms with Gasteiger partial charge in [-0.05, 0) is 38.3 Å². The summed E-state index contributed by atoms with van der Waals surface area (Å²) >= 11 is 0. The van der Waals surface area contributed by atoms with Crippen LogP contribution < -0.4 is 5.32 Å². The van der Waals surface area contributed by atoms with Gasteiger partial charge in [-0.25, -0.2) is 5.11 Å². The average Bonchev–Trinajstić information content (AvgIpc) is 2.13. The van der Waals surface area contributed by atoms with Crippen molar-refractivity contribution >= 4 is 0 Å². The lowest BCUT2D eigenvalue weighted by molar-refractivity contribution is 0.136. The van der Waals surface area contributed by atoms with Crippen LogP contribution in [0.3, 0.4) is 0 Å². The summed E-state index contributed by atoms with van der Waals surface area (Å²) in [5.74, 6) is 0.458. The van der Waals surface area contributed by atoms with Gasteiger partial charge in [0.2, 0.25) is 0 Å². The molecule has 1 rings (SSSR count). The molecule has 53 valence electrons. The number of hydrogen-bond donors (Lipinski definition) is 1. The van der Waals surface area contributed by atoms with E-state index in [4.69, 9.17) is 0 Å². The van der Waals surface area contributed by atoms with Crippen LogP contribution in [0.4, 0.5) is 0 Å². The highest BCUT2D eigenvalue weighted by molar-refractivity contribution is 4.64. The average molecular weight is 128 g/mol. The van der Waals surface area contributed by atoms with Crippen LogP contribution in [0.15, 0.2) is 0 Å². The van der Waals surface area contributed by atoms with Gasteiger partial charge in [0.05, 0.1) is 6.61 Å². The molecule has 1 radical (unpaired) electrons. The Morgan fingerprint density at radius 1 is 1.33 bits per heavy atom. The van der Waals surface area contributed by atoms with E-state index in [1.165, 1.54) is 6.42 Å². The summed E-state index contributed by atoms with van der Waals surface area (Å²) in [5.41, 5.74) is 0. The standard InChI is InChI=1S/C7H14NO/c9-6-7-2-1-4-8-5-3-7/h7-8H,1-6H2. The van der Waals surface area contributed by atoms with Crippen molar-refractivity contribution in [3.05, 3.63) is 0 Å². The molecule has 1 unspecified atom stereocenters. The Morgan fingerprint density at radius 2 is 2.22 bits per heavy atom. The molecule has 1 aliphatic rings. The van der Waals surface area contributed by atoms with Gasteiger partial charge in [-0.3, -0.25) is 0 Å². The Labute approximate surface area is 56.3 Å². The Bertz CT molecular complexity index is 67.3. The first-order valence-corrected chi connectivity index (χ1v) is 3.72. The zero-order chi connectivity index (χ0) is 6.53. The molecule has 0 bridgehead atoms. The third-order valence-electron chi connectivity index (χ3n) is 1.93. The van der Waals surface area contributed by atoms with Crippen molar-refractivity contribution in [3.63, 3.8) is 0 Å². The summed E-state index contributed by atoms with van der Waals surface area (Å²) in [6.07, 6.45) is 3.41. The van der Waals surface area contributed by atoms with E-state index in [0.29, 0.717) is 5.92 Å². The van der Waals surface area contributed by atoms with Gasteiger partial charge in [-0.15, -0.1) is 0 Å². The zero-order valence-corrected chi connectivity index (χ0v) is 5.73. The molecule has 1 atom stereocenters.